The minimum absolute atomic E-state index is 0.131. The van der Waals surface area contributed by atoms with E-state index >= 15 is 0 Å². The number of carbonyl (C=O) groups excluding carboxylic acids is 1. The highest BCUT2D eigenvalue weighted by molar-refractivity contribution is 5.96. The minimum Gasteiger partial charge on any atom is -0.294 e. The molecule has 0 N–H and O–H groups in total. The van der Waals surface area contributed by atoms with Gasteiger partial charge in [0.2, 0.25) is 0 Å². The van der Waals surface area contributed by atoms with Crippen LogP contribution in [0.15, 0.2) is 24.3 Å². The van der Waals surface area contributed by atoms with Gasteiger partial charge in [-0.05, 0) is 18.1 Å². The number of halogens is 1. The van der Waals surface area contributed by atoms with E-state index in [-0.39, 0.29) is 5.78 Å². The Morgan fingerprint density at radius 2 is 2.06 bits per heavy atom. The molecule has 0 aliphatic heterocycles. The molecule has 88 valence electrons. The van der Waals surface area contributed by atoms with Crippen LogP contribution in [0.1, 0.15) is 54.9 Å². The number of carbonyl (C=O) groups is 1. The molecule has 0 saturated heterocycles. The molecular weight excluding hydrogens is 203 g/mol. The highest BCUT2D eigenvalue weighted by atomic mass is 19.1. The fourth-order valence-electron chi connectivity index (χ4n) is 1.68. The van der Waals surface area contributed by atoms with E-state index in [2.05, 4.69) is 6.92 Å². The fourth-order valence-corrected chi connectivity index (χ4v) is 1.68. The molecule has 2 heteroatoms. The van der Waals surface area contributed by atoms with Crippen molar-refractivity contribution in [1.82, 2.24) is 0 Å². The van der Waals surface area contributed by atoms with Crippen LogP contribution in [-0.2, 0) is 6.67 Å². The van der Waals surface area contributed by atoms with Gasteiger partial charge in [0.15, 0.2) is 5.78 Å². The Morgan fingerprint density at radius 1 is 1.25 bits per heavy atom. The molecule has 0 fully saturated rings. The molecule has 0 atom stereocenters. The molecule has 0 amide bonds. The van der Waals surface area contributed by atoms with Gasteiger partial charge in [-0.3, -0.25) is 4.79 Å². The normalized spacial score (nSPS) is 10.4. The summed E-state index contributed by atoms with van der Waals surface area (Å²) in [5.41, 5.74) is 1.23. The summed E-state index contributed by atoms with van der Waals surface area (Å²) < 4.78 is 12.4. The first-order valence-electron chi connectivity index (χ1n) is 5.96. The first kappa shape index (κ1) is 12.9. The molecule has 1 aromatic carbocycles. The van der Waals surface area contributed by atoms with Crippen LogP contribution < -0.4 is 0 Å². The van der Waals surface area contributed by atoms with E-state index in [1.807, 2.05) is 0 Å². The molecule has 0 aliphatic carbocycles. The van der Waals surface area contributed by atoms with E-state index in [0.29, 0.717) is 17.5 Å². The number of rotatable bonds is 7. The van der Waals surface area contributed by atoms with Gasteiger partial charge >= 0.3 is 0 Å². The van der Waals surface area contributed by atoms with Crippen molar-refractivity contribution in [3.8, 4) is 0 Å². The Hall–Kier alpha value is -1.18. The number of hydrogen-bond acceptors (Lipinski definition) is 1. The van der Waals surface area contributed by atoms with E-state index < -0.39 is 6.67 Å². The first-order valence-corrected chi connectivity index (χ1v) is 5.96. The van der Waals surface area contributed by atoms with E-state index in [9.17, 15) is 9.18 Å². The summed E-state index contributed by atoms with van der Waals surface area (Å²) in [6.45, 7) is 1.64. The van der Waals surface area contributed by atoms with Gasteiger partial charge in [-0.25, -0.2) is 4.39 Å². The Labute approximate surface area is 96.7 Å². The van der Waals surface area contributed by atoms with Crippen LogP contribution in [0.4, 0.5) is 4.39 Å². The molecular formula is C14H19FO. The first-order chi connectivity index (χ1) is 7.77. The Kier molecular flexibility index (Phi) is 5.76. The summed E-state index contributed by atoms with van der Waals surface area (Å²) in [4.78, 5) is 11.8. The number of benzene rings is 1. The molecule has 16 heavy (non-hydrogen) atoms. The monoisotopic (exact) mass is 222 g/mol. The Balaban J connectivity index is 2.46. The SMILES string of the molecule is CCCCCCC(=O)c1cccc(CF)c1. The summed E-state index contributed by atoms with van der Waals surface area (Å²) in [7, 11) is 0. The molecule has 0 heterocycles. The molecule has 0 saturated carbocycles. The van der Waals surface area contributed by atoms with Crippen molar-refractivity contribution in [2.24, 2.45) is 0 Å². The summed E-state index contributed by atoms with van der Waals surface area (Å²) in [6, 6.07) is 6.87. The van der Waals surface area contributed by atoms with E-state index in [0.717, 1.165) is 12.8 Å². The van der Waals surface area contributed by atoms with E-state index in [1.165, 1.54) is 12.8 Å². The standard InChI is InChI=1S/C14H19FO/c1-2-3-4-5-9-14(16)13-8-6-7-12(10-13)11-15/h6-8,10H,2-5,9,11H2,1H3. The summed E-state index contributed by atoms with van der Waals surface area (Å²) in [5, 5.41) is 0. The Bertz CT molecular complexity index is 333. The fraction of sp³-hybridized carbons (Fsp3) is 0.500. The van der Waals surface area contributed by atoms with Crippen LogP contribution in [0.25, 0.3) is 0 Å². The largest absolute Gasteiger partial charge is 0.294 e. The molecule has 0 radical (unpaired) electrons. The molecule has 0 unspecified atom stereocenters. The van der Waals surface area contributed by atoms with Gasteiger partial charge in [0.25, 0.3) is 0 Å². The van der Waals surface area contributed by atoms with Gasteiger partial charge in [-0.2, -0.15) is 0 Å². The third-order valence-electron chi connectivity index (χ3n) is 2.66. The Morgan fingerprint density at radius 3 is 2.75 bits per heavy atom. The van der Waals surface area contributed by atoms with Crippen molar-refractivity contribution in [1.29, 1.82) is 0 Å². The van der Waals surface area contributed by atoms with Crippen LogP contribution in [0, 0.1) is 0 Å². The molecule has 0 aromatic heterocycles. The number of Topliss-reactive ketones (excluding diaryl/α,β-unsaturated/α-hetero) is 1. The van der Waals surface area contributed by atoms with Gasteiger partial charge in [0.05, 0.1) is 0 Å². The zero-order valence-electron chi connectivity index (χ0n) is 9.84. The van der Waals surface area contributed by atoms with E-state index in [1.54, 1.807) is 24.3 Å². The molecule has 1 nitrogen and oxygen atoms in total. The second kappa shape index (κ2) is 7.15. The molecule has 1 rings (SSSR count). The maximum atomic E-state index is 12.4. The third kappa shape index (κ3) is 4.13. The van der Waals surface area contributed by atoms with Crippen molar-refractivity contribution in [3.63, 3.8) is 0 Å². The zero-order valence-corrected chi connectivity index (χ0v) is 9.84. The predicted octanol–water partition coefficient (Wildman–Crippen LogP) is 4.31. The van der Waals surface area contributed by atoms with Crippen molar-refractivity contribution in [2.75, 3.05) is 0 Å². The average Bonchev–Trinajstić information content (AvgIpc) is 2.34. The van der Waals surface area contributed by atoms with Crippen LogP contribution in [0.2, 0.25) is 0 Å². The smallest absolute Gasteiger partial charge is 0.162 e. The van der Waals surface area contributed by atoms with Crippen molar-refractivity contribution in [3.05, 3.63) is 35.4 Å². The molecule has 0 aliphatic rings. The van der Waals surface area contributed by atoms with Crippen LogP contribution >= 0.6 is 0 Å². The number of hydrogen-bond donors (Lipinski definition) is 0. The lowest BCUT2D eigenvalue weighted by Crippen LogP contribution is -1.99. The minimum atomic E-state index is -0.503. The van der Waals surface area contributed by atoms with Gasteiger partial charge in [0.1, 0.15) is 6.67 Å². The maximum absolute atomic E-state index is 12.4. The van der Waals surface area contributed by atoms with Gasteiger partial charge in [-0.15, -0.1) is 0 Å². The second-order valence-corrected chi connectivity index (χ2v) is 4.07. The van der Waals surface area contributed by atoms with Crippen LogP contribution in [0.3, 0.4) is 0 Å². The highest BCUT2D eigenvalue weighted by Crippen LogP contribution is 2.11. The zero-order chi connectivity index (χ0) is 11.8. The number of alkyl halides is 1. The molecule has 1 aromatic rings. The van der Waals surface area contributed by atoms with Gasteiger partial charge in [0, 0.05) is 12.0 Å². The number of unbranched alkanes of at least 4 members (excludes halogenated alkanes) is 3. The van der Waals surface area contributed by atoms with E-state index in [4.69, 9.17) is 0 Å². The topological polar surface area (TPSA) is 17.1 Å². The maximum Gasteiger partial charge on any atom is 0.162 e. The highest BCUT2D eigenvalue weighted by Gasteiger charge is 2.05. The van der Waals surface area contributed by atoms with Crippen molar-refractivity contribution in [2.45, 2.75) is 45.7 Å². The molecule has 0 bridgehead atoms. The lowest BCUT2D eigenvalue weighted by molar-refractivity contribution is 0.0979. The second-order valence-electron chi connectivity index (χ2n) is 4.07. The van der Waals surface area contributed by atoms with Crippen LogP contribution in [0.5, 0.6) is 0 Å². The number of ketones is 1. The third-order valence-corrected chi connectivity index (χ3v) is 2.66. The summed E-state index contributed by atoms with van der Waals surface area (Å²) >= 11 is 0. The van der Waals surface area contributed by atoms with Gasteiger partial charge < -0.3 is 0 Å². The van der Waals surface area contributed by atoms with Gasteiger partial charge in [-0.1, -0.05) is 44.4 Å². The van der Waals surface area contributed by atoms with Crippen molar-refractivity contribution >= 4 is 5.78 Å². The van der Waals surface area contributed by atoms with Crippen LogP contribution in [-0.4, -0.2) is 5.78 Å². The lowest BCUT2D eigenvalue weighted by Gasteiger charge is -2.02. The quantitative estimate of drug-likeness (QED) is 0.496. The molecule has 0 spiro atoms. The summed E-state index contributed by atoms with van der Waals surface area (Å²) in [5.74, 6) is 0.131. The van der Waals surface area contributed by atoms with Crippen molar-refractivity contribution < 1.29 is 9.18 Å². The lowest BCUT2D eigenvalue weighted by atomic mass is 10.0. The predicted molar refractivity (Wildman–Crippen MR) is 64.3 cm³/mol. The summed E-state index contributed by atoms with van der Waals surface area (Å²) in [6.07, 6.45) is 4.97. The average molecular weight is 222 g/mol.